The lowest BCUT2D eigenvalue weighted by molar-refractivity contribution is 0.0514. The van der Waals surface area contributed by atoms with Gasteiger partial charge in [0.1, 0.15) is 40.0 Å². The molecule has 3 amide bonds. The highest BCUT2D eigenvalue weighted by molar-refractivity contribution is 7.12. The Morgan fingerprint density at radius 3 is 0.909 bits per heavy atom. The van der Waals surface area contributed by atoms with Crippen molar-refractivity contribution in [2.24, 2.45) is 0 Å². The fourth-order valence-corrected chi connectivity index (χ4v) is 15.9. The van der Waals surface area contributed by atoms with E-state index in [-0.39, 0.29) is 114 Å². The van der Waals surface area contributed by atoms with Gasteiger partial charge in [0.25, 0.3) is 34.4 Å². The number of aryl methyl sites for hydroxylation is 3. The third kappa shape index (κ3) is 20.3. The van der Waals surface area contributed by atoms with Gasteiger partial charge in [-0.1, -0.05) is 111 Å². The SMILES string of the molecule is C.C.C.CCOC(=O)c1c(N2CCN(C(=O)c3ccc(Cl)cc3)CC2)c2cc(C)ccc2n(Cc2ccc(F)cc2)c1=O.CCOC(=O)c1c(N2CCN(C(=O)c3ccc(F)cc3)CC2)c2cc(C)ccc2n(Cc2ccc(F)cc2)c1=O.CCOC(=O)c1c(N2CCN(C(=O)c3cccs3)CC2)c2cc(C)ccc2n(Cc2ccc(F)cc2)c1=O. The number of anilines is 3. The molecule has 632 valence electrons. The summed E-state index contributed by atoms with van der Waals surface area (Å²) in [5, 5.41) is 4.65. The molecule has 27 heteroatoms. The number of pyridine rings is 3. The van der Waals surface area contributed by atoms with Crippen LogP contribution in [0, 0.1) is 44.0 Å². The summed E-state index contributed by atoms with van der Waals surface area (Å²) >= 11 is 7.39. The van der Waals surface area contributed by atoms with Crippen LogP contribution in [0.5, 0.6) is 0 Å². The van der Waals surface area contributed by atoms with E-state index in [0.29, 0.717) is 144 Å². The number of benzene rings is 8. The standard InChI is InChI=1S/C31H29ClFN3O4.C31H29F2N3O4.C29H28FN3O4S.3CH4/c1-3-40-31(39)27-28(34-14-16-35(17-15-34)29(37)22-7-9-23(32)10-8-22)25-18-20(2)4-13-26(25)36(30(27)38)19-21-5-11-24(33)12-6-21;1-3-40-31(39)27-28(34-14-16-35(17-15-34)29(37)22-7-11-24(33)12-8-22)25-18-20(2)4-13-26(25)36(30(27)38)19-21-5-9-23(32)10-6-21;1-3-37-29(36)25-26(31-12-14-32(15-13-31)27(34)24-5-4-16-38-24)22-17-19(2)6-11-23(22)33(28(25)35)18-20-7-9-21(30)10-8-20;;;/h2*4-13,18H,3,14-17,19H2,1-2H3;4-11,16-17H,3,12-15,18H2,1-2H3;3*1H4. The number of fused-ring (bicyclic) bond motifs is 3. The Morgan fingerprint density at radius 2 is 0.636 bits per heavy atom. The lowest BCUT2D eigenvalue weighted by Crippen LogP contribution is -2.49. The molecule has 4 aromatic heterocycles. The first-order valence-electron chi connectivity index (χ1n) is 38.8. The highest BCUT2D eigenvalue weighted by Crippen LogP contribution is 2.37. The molecule has 0 atom stereocenters. The van der Waals surface area contributed by atoms with E-state index in [0.717, 1.165) is 38.6 Å². The smallest absolute Gasteiger partial charge is 0.345 e. The molecule has 0 radical (unpaired) electrons. The van der Waals surface area contributed by atoms with Crippen LogP contribution in [0.15, 0.2) is 208 Å². The Kier molecular flexibility index (Phi) is 30.3. The molecule has 12 aromatic rings. The molecule has 3 aliphatic rings. The first kappa shape index (κ1) is 90.6. The number of hydrogen-bond acceptors (Lipinski definition) is 16. The van der Waals surface area contributed by atoms with Crippen LogP contribution >= 0.6 is 22.9 Å². The molecule has 15 rings (SSSR count). The summed E-state index contributed by atoms with van der Waals surface area (Å²) in [5.41, 5.74) is 7.91. The van der Waals surface area contributed by atoms with Crippen LogP contribution in [0.1, 0.15) is 138 Å². The molecule has 21 nitrogen and oxygen atoms in total. The fourth-order valence-electron chi connectivity index (χ4n) is 15.1. The Labute approximate surface area is 708 Å². The number of piperazine rings is 3. The number of thiophene rings is 1. The maximum absolute atomic E-state index is 14.0. The molecule has 3 saturated heterocycles. The van der Waals surface area contributed by atoms with Crippen molar-refractivity contribution >= 4 is 108 Å². The van der Waals surface area contributed by atoms with Gasteiger partial charge in [0.05, 0.1) is 77.9 Å². The van der Waals surface area contributed by atoms with Crippen molar-refractivity contribution in [2.45, 2.75) is 83.5 Å². The van der Waals surface area contributed by atoms with Gasteiger partial charge < -0.3 is 57.3 Å². The number of ether oxygens (including phenoxy) is 3. The number of amides is 3. The molecular formula is C94H98ClF4N9O12S. The number of aromatic nitrogens is 3. The number of nitrogens with zero attached hydrogens (tertiary/aromatic N) is 9. The first-order valence-corrected chi connectivity index (χ1v) is 40.1. The number of hydrogen-bond donors (Lipinski definition) is 0. The van der Waals surface area contributed by atoms with Crippen molar-refractivity contribution in [1.82, 2.24) is 28.4 Å². The predicted molar refractivity (Wildman–Crippen MR) is 470 cm³/mol. The summed E-state index contributed by atoms with van der Waals surface area (Å²) in [6.07, 6.45) is 0. The molecule has 3 aliphatic heterocycles. The minimum atomic E-state index is -0.719. The van der Waals surface area contributed by atoms with Gasteiger partial charge in [-0.15, -0.1) is 11.3 Å². The third-order valence-corrected chi connectivity index (χ3v) is 22.1. The van der Waals surface area contributed by atoms with Crippen LogP contribution in [0.3, 0.4) is 0 Å². The van der Waals surface area contributed by atoms with Gasteiger partial charge in [-0.25, -0.2) is 31.9 Å². The normalized spacial score (nSPS) is 13.2. The van der Waals surface area contributed by atoms with Gasteiger partial charge in [-0.3, -0.25) is 28.8 Å². The molecular weight excluding hydrogens is 1590 g/mol. The molecule has 0 unspecified atom stereocenters. The molecule has 0 saturated carbocycles. The molecule has 3 fully saturated rings. The van der Waals surface area contributed by atoms with E-state index in [1.165, 1.54) is 81.1 Å². The van der Waals surface area contributed by atoms with E-state index in [9.17, 15) is 60.7 Å². The lowest BCUT2D eigenvalue weighted by atomic mass is 10.0. The Morgan fingerprint density at radius 1 is 0.364 bits per heavy atom. The molecule has 8 aromatic carbocycles. The van der Waals surface area contributed by atoms with E-state index in [4.69, 9.17) is 25.8 Å². The van der Waals surface area contributed by atoms with Crippen molar-refractivity contribution in [3.05, 3.63) is 319 Å². The Bertz CT molecular complexity index is 5700. The van der Waals surface area contributed by atoms with Crippen molar-refractivity contribution in [1.29, 1.82) is 0 Å². The number of esters is 3. The van der Waals surface area contributed by atoms with Gasteiger partial charge in [-0.05, 0) is 191 Å². The zero-order chi connectivity index (χ0) is 83.6. The third-order valence-electron chi connectivity index (χ3n) is 20.9. The maximum Gasteiger partial charge on any atom is 0.345 e. The van der Waals surface area contributed by atoms with E-state index in [2.05, 4.69) is 0 Å². The molecule has 0 aliphatic carbocycles. The van der Waals surface area contributed by atoms with E-state index in [1.807, 2.05) is 108 Å². The van der Waals surface area contributed by atoms with Crippen LogP contribution in [-0.4, -0.2) is 162 Å². The Hall–Kier alpha value is -12.7. The summed E-state index contributed by atoms with van der Waals surface area (Å²) in [5.74, 6) is -3.93. The Balaban J connectivity index is 0.000000188. The number of halogens is 5. The van der Waals surface area contributed by atoms with Crippen LogP contribution in [0.4, 0.5) is 34.6 Å². The van der Waals surface area contributed by atoms with Crippen LogP contribution in [0.25, 0.3) is 32.7 Å². The topological polar surface area (TPSA) is 216 Å². The highest BCUT2D eigenvalue weighted by atomic mass is 35.5. The molecule has 0 spiro atoms. The quantitative estimate of drug-likeness (QED) is 0.0443. The van der Waals surface area contributed by atoms with Crippen molar-refractivity contribution < 1.29 is 60.5 Å². The summed E-state index contributed by atoms with van der Waals surface area (Å²) in [7, 11) is 0. The van der Waals surface area contributed by atoms with Crippen molar-refractivity contribution in [2.75, 3.05) is 113 Å². The second-order valence-corrected chi connectivity index (χ2v) is 30.2. The average Bonchev–Trinajstić information content (AvgIpc) is 0.773. The number of carbonyl (C=O) groups is 6. The van der Waals surface area contributed by atoms with Gasteiger partial charge >= 0.3 is 17.9 Å². The lowest BCUT2D eigenvalue weighted by Gasteiger charge is -2.37. The number of carbonyl (C=O) groups excluding carboxylic acids is 6. The highest BCUT2D eigenvalue weighted by Gasteiger charge is 2.35. The van der Waals surface area contributed by atoms with E-state index >= 15 is 0 Å². The molecule has 0 N–H and O–H groups in total. The second kappa shape index (κ2) is 40.4. The summed E-state index contributed by atoms with van der Waals surface area (Å²) in [4.78, 5) is 133. The number of rotatable bonds is 18. The second-order valence-electron chi connectivity index (χ2n) is 28.8. The van der Waals surface area contributed by atoms with Gasteiger partial charge in [0, 0.05) is 111 Å². The maximum atomic E-state index is 14.0. The molecule has 0 bridgehead atoms. The van der Waals surface area contributed by atoms with Crippen LogP contribution in [-0.2, 0) is 33.8 Å². The van der Waals surface area contributed by atoms with Crippen LogP contribution < -0.4 is 31.4 Å². The van der Waals surface area contributed by atoms with E-state index < -0.39 is 40.4 Å². The van der Waals surface area contributed by atoms with E-state index in [1.54, 1.807) is 101 Å². The fraction of sp³-hybridized carbons (Fsp3) is 0.287. The summed E-state index contributed by atoms with van der Waals surface area (Å²) in [6.45, 7) is 16.7. The largest absolute Gasteiger partial charge is 0.462 e. The van der Waals surface area contributed by atoms with Gasteiger partial charge in [0.2, 0.25) is 0 Å². The first-order chi connectivity index (χ1) is 56.9. The predicted octanol–water partition coefficient (Wildman–Crippen LogP) is 16.7. The average molecular weight is 1690 g/mol. The monoisotopic (exact) mass is 1690 g/mol. The zero-order valence-electron chi connectivity index (χ0n) is 65.9. The minimum Gasteiger partial charge on any atom is -0.462 e. The summed E-state index contributed by atoms with van der Waals surface area (Å²) < 4.78 is 74.6. The van der Waals surface area contributed by atoms with Crippen molar-refractivity contribution in [3.63, 3.8) is 0 Å². The molecule has 121 heavy (non-hydrogen) atoms. The van der Waals surface area contributed by atoms with Crippen molar-refractivity contribution in [3.8, 4) is 0 Å². The summed E-state index contributed by atoms with van der Waals surface area (Å²) in [6, 6.07) is 50.8. The zero-order valence-corrected chi connectivity index (χ0v) is 67.5. The minimum absolute atomic E-state index is 0. The van der Waals surface area contributed by atoms with Gasteiger partial charge in [0.15, 0.2) is 0 Å². The van der Waals surface area contributed by atoms with Crippen LogP contribution in [0.2, 0.25) is 5.02 Å². The van der Waals surface area contributed by atoms with Gasteiger partial charge in [-0.2, -0.15) is 0 Å². The molecule has 7 heterocycles.